The van der Waals surface area contributed by atoms with Crippen molar-refractivity contribution in [2.45, 2.75) is 18.9 Å². The number of hydrogen-bond donors (Lipinski definition) is 4. The van der Waals surface area contributed by atoms with Crippen LogP contribution < -0.4 is 10.6 Å². The van der Waals surface area contributed by atoms with E-state index in [0.29, 0.717) is 5.57 Å². The maximum absolute atomic E-state index is 9.71. The average Bonchev–Trinajstić information content (AvgIpc) is 3.13. The van der Waals surface area contributed by atoms with E-state index < -0.39 is 0 Å². The van der Waals surface area contributed by atoms with Gasteiger partial charge in [-0.2, -0.15) is 0 Å². The third-order valence-corrected chi connectivity index (χ3v) is 4.89. The summed E-state index contributed by atoms with van der Waals surface area (Å²) < 4.78 is 0. The topological polar surface area (TPSA) is 128 Å². The molecule has 1 fully saturated rings. The zero-order valence-electron chi connectivity index (χ0n) is 14.8. The summed E-state index contributed by atoms with van der Waals surface area (Å²) in [5.41, 5.74) is 9.36. The Morgan fingerprint density at radius 2 is 2.11 bits per heavy atom. The van der Waals surface area contributed by atoms with Gasteiger partial charge < -0.3 is 26.1 Å². The van der Waals surface area contributed by atoms with E-state index in [1.54, 1.807) is 18.6 Å². The Kier molecular flexibility index (Phi) is 4.55. The van der Waals surface area contributed by atoms with Crippen LogP contribution in [0.15, 0.2) is 37.1 Å². The first-order valence-electron chi connectivity index (χ1n) is 8.85. The lowest BCUT2D eigenvalue weighted by atomic mass is 10.1. The van der Waals surface area contributed by atoms with Crippen LogP contribution in [0, 0.1) is 5.41 Å². The Labute approximate surface area is 156 Å². The van der Waals surface area contributed by atoms with Crippen molar-refractivity contribution in [3.05, 3.63) is 42.6 Å². The second-order valence-electron chi connectivity index (χ2n) is 6.57. The Morgan fingerprint density at radius 3 is 2.85 bits per heavy atom. The molecule has 3 aromatic heterocycles. The molecule has 1 saturated heterocycles. The number of nitrogens with zero attached hydrogens (tertiary/aromatic N) is 4. The molecular weight excluding hydrogens is 342 g/mol. The van der Waals surface area contributed by atoms with E-state index >= 15 is 0 Å². The lowest BCUT2D eigenvalue weighted by molar-refractivity contribution is 0.145. The van der Waals surface area contributed by atoms with Gasteiger partial charge in [-0.05, 0) is 18.9 Å². The molecule has 0 radical (unpaired) electrons. The molecule has 0 atom stereocenters. The van der Waals surface area contributed by atoms with Crippen LogP contribution in [-0.2, 0) is 0 Å². The van der Waals surface area contributed by atoms with Crippen LogP contribution in [0.2, 0.25) is 0 Å². The number of aromatic amines is 1. The molecule has 0 bridgehead atoms. The number of aromatic nitrogens is 4. The van der Waals surface area contributed by atoms with Gasteiger partial charge in [0.2, 0.25) is 0 Å². The van der Waals surface area contributed by atoms with Crippen LogP contribution >= 0.6 is 0 Å². The van der Waals surface area contributed by atoms with Gasteiger partial charge in [0.1, 0.15) is 11.5 Å². The molecule has 4 rings (SSSR count). The van der Waals surface area contributed by atoms with Gasteiger partial charge >= 0.3 is 0 Å². The normalized spacial score (nSPS) is 16.0. The lowest BCUT2D eigenvalue weighted by Crippen LogP contribution is -2.36. The van der Waals surface area contributed by atoms with Gasteiger partial charge in [0.25, 0.3) is 0 Å². The molecule has 0 spiro atoms. The Hall–Kier alpha value is -3.26. The first kappa shape index (κ1) is 17.2. The maximum Gasteiger partial charge on any atom is 0.147 e. The molecule has 8 nitrogen and oxygen atoms in total. The Bertz CT molecular complexity index is 1000. The molecule has 5 N–H and O–H groups in total. The van der Waals surface area contributed by atoms with E-state index in [0.717, 1.165) is 59.6 Å². The number of fused-ring (bicyclic) bond motifs is 1. The molecule has 0 aliphatic carbocycles. The molecule has 0 unspecified atom stereocenters. The predicted octanol–water partition coefficient (Wildman–Crippen LogP) is 1.93. The van der Waals surface area contributed by atoms with Gasteiger partial charge in [-0.25, -0.2) is 9.97 Å². The Morgan fingerprint density at radius 1 is 1.30 bits per heavy atom. The second-order valence-corrected chi connectivity index (χ2v) is 6.57. The fourth-order valence-electron chi connectivity index (χ4n) is 3.33. The van der Waals surface area contributed by atoms with E-state index in [1.807, 2.05) is 12.3 Å². The highest BCUT2D eigenvalue weighted by Crippen LogP contribution is 2.29. The minimum Gasteiger partial charge on any atom is -0.404 e. The van der Waals surface area contributed by atoms with Crippen LogP contribution in [0.4, 0.5) is 5.82 Å². The largest absolute Gasteiger partial charge is 0.404 e. The number of hydrogen-bond acceptors (Lipinski definition) is 7. The second kappa shape index (κ2) is 7.16. The van der Waals surface area contributed by atoms with Crippen LogP contribution in [-0.4, -0.2) is 50.5 Å². The van der Waals surface area contributed by atoms with Gasteiger partial charge in [-0.15, -0.1) is 0 Å². The first-order chi connectivity index (χ1) is 13.2. The maximum atomic E-state index is 9.71. The number of piperidine rings is 1. The van der Waals surface area contributed by atoms with Crippen LogP contribution in [0.3, 0.4) is 0 Å². The highest BCUT2D eigenvalue weighted by atomic mass is 16.3. The molecule has 1 aliphatic rings. The number of nitrogens with two attached hydrogens (primary N) is 1. The number of aliphatic hydroxyl groups excluding tert-OH is 1. The third-order valence-electron chi connectivity index (χ3n) is 4.89. The standard InChI is InChI=1S/C19H21N7O/c20-6-13(7-21)12-5-15-16(9-24-19(15)23-8-12)17-10-22-11-18(25-17)26-3-1-14(27)2-4-26/h5-11,14,20,27H,1-4,21H2,(H,23,24)/b13-7+,20-6?. The van der Waals surface area contributed by atoms with Gasteiger partial charge in [0.05, 0.1) is 24.2 Å². The van der Waals surface area contributed by atoms with E-state index in [4.69, 9.17) is 16.1 Å². The fraction of sp³-hybridized carbons (Fsp3) is 0.263. The molecular formula is C19H21N7O. The summed E-state index contributed by atoms with van der Waals surface area (Å²) in [4.78, 5) is 18.9. The number of nitrogens with one attached hydrogen (secondary N) is 2. The van der Waals surface area contributed by atoms with E-state index in [-0.39, 0.29) is 6.10 Å². The van der Waals surface area contributed by atoms with Crippen molar-refractivity contribution in [2.75, 3.05) is 18.0 Å². The van der Waals surface area contributed by atoms with E-state index in [2.05, 4.69) is 19.9 Å². The van der Waals surface area contributed by atoms with Crippen molar-refractivity contribution in [3.63, 3.8) is 0 Å². The zero-order valence-corrected chi connectivity index (χ0v) is 14.8. The monoisotopic (exact) mass is 363 g/mol. The van der Waals surface area contributed by atoms with Gasteiger partial charge in [-0.1, -0.05) is 0 Å². The van der Waals surface area contributed by atoms with Crippen LogP contribution in [0.25, 0.3) is 27.9 Å². The molecule has 4 heterocycles. The Balaban J connectivity index is 1.73. The molecule has 1 aliphatic heterocycles. The molecule has 8 heteroatoms. The highest BCUT2D eigenvalue weighted by Gasteiger charge is 2.19. The SMILES string of the molecule is N=C/C(=C\N)c1cnc2[nH]cc(-c3cncc(N4CCC(O)CC4)n3)c2c1. The summed E-state index contributed by atoms with van der Waals surface area (Å²) >= 11 is 0. The van der Waals surface area contributed by atoms with E-state index in [1.165, 1.54) is 12.4 Å². The minimum atomic E-state index is -0.228. The number of aliphatic hydroxyl groups is 1. The van der Waals surface area contributed by atoms with Crippen molar-refractivity contribution in [3.8, 4) is 11.3 Å². The molecule has 3 aromatic rings. The summed E-state index contributed by atoms with van der Waals surface area (Å²) in [5.74, 6) is 0.805. The van der Waals surface area contributed by atoms with Crippen molar-refractivity contribution >= 4 is 28.6 Å². The van der Waals surface area contributed by atoms with Crippen LogP contribution in [0.5, 0.6) is 0 Å². The number of H-pyrrole nitrogens is 1. The molecule has 0 aromatic carbocycles. The lowest BCUT2D eigenvalue weighted by Gasteiger charge is -2.30. The van der Waals surface area contributed by atoms with Crippen LogP contribution in [0.1, 0.15) is 18.4 Å². The zero-order chi connectivity index (χ0) is 18.8. The summed E-state index contributed by atoms with van der Waals surface area (Å²) in [6.07, 6.45) is 10.9. The molecule has 27 heavy (non-hydrogen) atoms. The number of pyridine rings is 1. The van der Waals surface area contributed by atoms with Gasteiger partial charge in [0.15, 0.2) is 0 Å². The summed E-state index contributed by atoms with van der Waals surface area (Å²) in [7, 11) is 0. The van der Waals surface area contributed by atoms with Gasteiger partial charge in [0, 0.05) is 60.0 Å². The summed E-state index contributed by atoms with van der Waals surface area (Å²) in [6.45, 7) is 1.53. The summed E-state index contributed by atoms with van der Waals surface area (Å²) in [6, 6.07) is 1.95. The van der Waals surface area contributed by atoms with Crippen molar-refractivity contribution < 1.29 is 5.11 Å². The quantitative estimate of drug-likeness (QED) is 0.524. The minimum absolute atomic E-state index is 0.228. The highest BCUT2D eigenvalue weighted by molar-refractivity contribution is 6.09. The van der Waals surface area contributed by atoms with Gasteiger partial charge in [-0.3, -0.25) is 4.98 Å². The molecule has 0 saturated carbocycles. The molecule has 138 valence electrons. The average molecular weight is 363 g/mol. The third kappa shape index (κ3) is 3.26. The van der Waals surface area contributed by atoms with Crippen molar-refractivity contribution in [1.82, 2.24) is 19.9 Å². The predicted molar refractivity (Wildman–Crippen MR) is 106 cm³/mol. The number of anilines is 1. The smallest absolute Gasteiger partial charge is 0.147 e. The van der Waals surface area contributed by atoms with Crippen molar-refractivity contribution in [1.29, 1.82) is 5.41 Å². The first-order valence-corrected chi connectivity index (χ1v) is 8.85. The van der Waals surface area contributed by atoms with E-state index in [9.17, 15) is 5.11 Å². The summed E-state index contributed by atoms with van der Waals surface area (Å²) in [5, 5.41) is 18.1. The van der Waals surface area contributed by atoms with Crippen molar-refractivity contribution in [2.24, 2.45) is 5.73 Å². The molecule has 0 amide bonds. The fourth-order valence-corrected chi connectivity index (χ4v) is 3.33. The number of rotatable bonds is 4. The number of allylic oxidation sites excluding steroid dienone is 1.